The van der Waals surface area contributed by atoms with Gasteiger partial charge in [0.1, 0.15) is 13.2 Å². The van der Waals surface area contributed by atoms with E-state index in [1.807, 2.05) is 42.8 Å². The normalized spacial score (nSPS) is 12.6. The number of ether oxygens (including phenoxy) is 4. The first-order valence-electron chi connectivity index (χ1n) is 11.7. The molecule has 1 aliphatic rings. The topological polar surface area (TPSA) is 87.9 Å². The van der Waals surface area contributed by atoms with Gasteiger partial charge in [0.05, 0.1) is 37.1 Å². The number of carbonyl (C=O) groups is 1. The van der Waals surface area contributed by atoms with Crippen LogP contribution in [0, 0.1) is 0 Å². The molecule has 5 rings (SSSR count). The number of fused-ring (bicyclic) bond motifs is 2. The Morgan fingerprint density at radius 2 is 1.75 bits per heavy atom. The van der Waals surface area contributed by atoms with Crippen LogP contribution in [0.3, 0.4) is 0 Å². The van der Waals surface area contributed by atoms with Crippen LogP contribution in [0.5, 0.6) is 23.0 Å². The molecule has 0 saturated heterocycles. The molecule has 0 radical (unpaired) electrons. The van der Waals surface area contributed by atoms with E-state index in [9.17, 15) is 4.79 Å². The van der Waals surface area contributed by atoms with Gasteiger partial charge in [-0.15, -0.1) is 0 Å². The zero-order valence-electron chi connectivity index (χ0n) is 20.9. The Hall–Kier alpha value is -4.27. The molecule has 0 N–H and O–H groups in total. The van der Waals surface area contributed by atoms with Crippen molar-refractivity contribution in [2.24, 2.45) is 0 Å². The number of hydrogen-bond donors (Lipinski definition) is 0. The van der Waals surface area contributed by atoms with E-state index in [1.54, 1.807) is 50.6 Å². The average molecular weight is 489 g/mol. The van der Waals surface area contributed by atoms with Gasteiger partial charge >= 0.3 is 0 Å². The molecule has 0 aliphatic carbocycles. The van der Waals surface area contributed by atoms with E-state index in [0.717, 1.165) is 5.56 Å². The third kappa shape index (κ3) is 4.06. The first kappa shape index (κ1) is 23.5. The maximum atomic E-state index is 13.9. The van der Waals surface area contributed by atoms with E-state index in [0.29, 0.717) is 64.2 Å². The van der Waals surface area contributed by atoms with Crippen molar-refractivity contribution in [3.63, 3.8) is 0 Å². The van der Waals surface area contributed by atoms with Crippen molar-refractivity contribution < 1.29 is 23.7 Å². The van der Waals surface area contributed by atoms with Crippen molar-refractivity contribution in [1.82, 2.24) is 14.8 Å². The number of pyridine rings is 1. The van der Waals surface area contributed by atoms with E-state index in [4.69, 9.17) is 23.9 Å². The molecule has 2 aromatic carbocycles. The SMILES string of the molecule is COc1ccc(N(C)C(=O)c2cc(-c3ccc4c(c3)OCCO4)nc3c2cnn3C(C)C)cc1OC. The largest absolute Gasteiger partial charge is 0.493 e. The quantitative estimate of drug-likeness (QED) is 0.387. The van der Waals surface area contributed by atoms with Crippen LogP contribution < -0.4 is 23.8 Å². The van der Waals surface area contributed by atoms with Gasteiger partial charge in [-0.3, -0.25) is 4.79 Å². The minimum absolute atomic E-state index is 0.0667. The maximum Gasteiger partial charge on any atom is 0.258 e. The molecule has 0 atom stereocenters. The Kier molecular flexibility index (Phi) is 6.13. The standard InChI is InChI=1S/C27H28N4O5/c1-16(2)31-26-20(15-28-31)19(27(32)30(3)18-7-9-22(33-4)24(13-18)34-5)14-21(29-26)17-6-8-23-25(12-17)36-11-10-35-23/h6-9,12-16H,10-11H2,1-5H3. The molecule has 36 heavy (non-hydrogen) atoms. The zero-order valence-corrected chi connectivity index (χ0v) is 20.9. The third-order valence-corrected chi connectivity index (χ3v) is 6.18. The number of anilines is 1. The Morgan fingerprint density at radius 1 is 1.00 bits per heavy atom. The summed E-state index contributed by atoms with van der Waals surface area (Å²) in [5.41, 5.74) is 3.27. The first-order valence-corrected chi connectivity index (χ1v) is 11.7. The van der Waals surface area contributed by atoms with Crippen LogP contribution in [0.4, 0.5) is 5.69 Å². The highest BCUT2D eigenvalue weighted by Gasteiger charge is 2.23. The third-order valence-electron chi connectivity index (χ3n) is 6.18. The number of methoxy groups -OCH3 is 2. The van der Waals surface area contributed by atoms with E-state index in [-0.39, 0.29) is 11.9 Å². The van der Waals surface area contributed by atoms with Crippen molar-refractivity contribution in [2.75, 3.05) is 39.4 Å². The number of aromatic nitrogens is 3. The minimum Gasteiger partial charge on any atom is -0.493 e. The summed E-state index contributed by atoms with van der Waals surface area (Å²) in [7, 11) is 4.87. The number of rotatable bonds is 6. The van der Waals surface area contributed by atoms with Gasteiger partial charge in [0.2, 0.25) is 0 Å². The second-order valence-corrected chi connectivity index (χ2v) is 8.74. The molecule has 1 amide bonds. The molecular weight excluding hydrogens is 460 g/mol. The number of benzene rings is 2. The average Bonchev–Trinajstić information content (AvgIpc) is 3.35. The number of nitrogens with zero attached hydrogens (tertiary/aromatic N) is 4. The van der Waals surface area contributed by atoms with Crippen molar-refractivity contribution in [1.29, 1.82) is 0 Å². The van der Waals surface area contributed by atoms with Gasteiger partial charge in [-0.25, -0.2) is 9.67 Å². The Labute approximate surface area is 209 Å². The molecule has 9 heteroatoms. The van der Waals surface area contributed by atoms with Crippen LogP contribution in [-0.4, -0.2) is 55.2 Å². The summed E-state index contributed by atoms with van der Waals surface area (Å²) in [5.74, 6) is 2.29. The molecule has 0 unspecified atom stereocenters. The molecule has 0 spiro atoms. The lowest BCUT2D eigenvalue weighted by Crippen LogP contribution is -2.26. The predicted octanol–water partition coefficient (Wildman–Crippen LogP) is 4.74. The van der Waals surface area contributed by atoms with E-state index < -0.39 is 0 Å². The highest BCUT2D eigenvalue weighted by molar-refractivity contribution is 6.13. The summed E-state index contributed by atoms with van der Waals surface area (Å²) in [6.07, 6.45) is 1.70. The van der Waals surface area contributed by atoms with Crippen molar-refractivity contribution in [3.8, 4) is 34.3 Å². The summed E-state index contributed by atoms with van der Waals surface area (Å²) in [6.45, 7) is 5.07. The fourth-order valence-corrected chi connectivity index (χ4v) is 4.25. The van der Waals surface area contributed by atoms with Gasteiger partial charge in [-0.1, -0.05) is 0 Å². The first-order chi connectivity index (χ1) is 17.4. The van der Waals surface area contributed by atoms with Crippen LogP contribution in [0.15, 0.2) is 48.7 Å². The van der Waals surface area contributed by atoms with E-state index in [1.165, 1.54) is 0 Å². The van der Waals surface area contributed by atoms with Crippen molar-refractivity contribution in [2.45, 2.75) is 19.9 Å². The minimum atomic E-state index is -0.197. The number of amides is 1. The fraction of sp³-hybridized carbons (Fsp3) is 0.296. The lowest BCUT2D eigenvalue weighted by atomic mass is 10.0. The molecule has 3 heterocycles. The lowest BCUT2D eigenvalue weighted by Gasteiger charge is -2.21. The molecule has 9 nitrogen and oxygen atoms in total. The van der Waals surface area contributed by atoms with Crippen LogP contribution in [-0.2, 0) is 0 Å². The molecule has 2 aromatic heterocycles. The van der Waals surface area contributed by atoms with Crippen molar-refractivity contribution >= 4 is 22.6 Å². The Bertz CT molecular complexity index is 1450. The lowest BCUT2D eigenvalue weighted by molar-refractivity contribution is 0.0994. The number of carbonyl (C=O) groups excluding carboxylic acids is 1. The van der Waals surface area contributed by atoms with Gasteiger partial charge < -0.3 is 23.8 Å². The monoisotopic (exact) mass is 488 g/mol. The predicted molar refractivity (Wildman–Crippen MR) is 137 cm³/mol. The Balaban J connectivity index is 1.62. The molecule has 1 aliphatic heterocycles. The molecule has 186 valence electrons. The van der Waals surface area contributed by atoms with Crippen molar-refractivity contribution in [3.05, 3.63) is 54.2 Å². The second kappa shape index (κ2) is 9.41. The van der Waals surface area contributed by atoms with Crippen LogP contribution in [0.1, 0.15) is 30.2 Å². The smallest absolute Gasteiger partial charge is 0.258 e. The molecule has 0 saturated carbocycles. The highest BCUT2D eigenvalue weighted by Crippen LogP contribution is 2.36. The van der Waals surface area contributed by atoms with Gasteiger partial charge in [0.25, 0.3) is 5.91 Å². The van der Waals surface area contributed by atoms with E-state index in [2.05, 4.69) is 5.10 Å². The summed E-state index contributed by atoms with van der Waals surface area (Å²) >= 11 is 0. The molecule has 4 aromatic rings. The Morgan fingerprint density at radius 3 is 2.47 bits per heavy atom. The summed E-state index contributed by atoms with van der Waals surface area (Å²) in [5, 5.41) is 5.21. The fourth-order valence-electron chi connectivity index (χ4n) is 4.25. The summed E-state index contributed by atoms with van der Waals surface area (Å²) in [4.78, 5) is 20.3. The van der Waals surface area contributed by atoms with Gasteiger partial charge in [0.15, 0.2) is 28.6 Å². The van der Waals surface area contributed by atoms with Gasteiger partial charge in [0, 0.05) is 30.4 Å². The molecule has 0 fully saturated rings. The molecular formula is C27H28N4O5. The zero-order chi connectivity index (χ0) is 25.4. The summed E-state index contributed by atoms with van der Waals surface area (Å²) < 4.78 is 24.0. The maximum absolute atomic E-state index is 13.9. The van der Waals surface area contributed by atoms with Gasteiger partial charge in [-0.2, -0.15) is 5.10 Å². The van der Waals surface area contributed by atoms with Crippen LogP contribution >= 0.6 is 0 Å². The molecule has 0 bridgehead atoms. The van der Waals surface area contributed by atoms with Gasteiger partial charge in [-0.05, 0) is 50.2 Å². The number of hydrogen-bond acceptors (Lipinski definition) is 7. The summed E-state index contributed by atoms with van der Waals surface area (Å²) in [6, 6.07) is 12.9. The highest BCUT2D eigenvalue weighted by atomic mass is 16.6. The second-order valence-electron chi connectivity index (χ2n) is 8.74. The van der Waals surface area contributed by atoms with Crippen LogP contribution in [0.2, 0.25) is 0 Å². The van der Waals surface area contributed by atoms with Crippen LogP contribution in [0.25, 0.3) is 22.3 Å². The van der Waals surface area contributed by atoms with E-state index >= 15 is 0 Å².